The molecular formula is C7H15NO7. The summed E-state index contributed by atoms with van der Waals surface area (Å²) in [6.07, 6.45) is -0.816. The Morgan fingerprint density at radius 3 is 1.07 bits per heavy atom. The first-order valence-corrected chi connectivity index (χ1v) is 3.71. The van der Waals surface area contributed by atoms with E-state index in [9.17, 15) is 9.59 Å². The van der Waals surface area contributed by atoms with Gasteiger partial charge >= 0.3 is 18.1 Å². The molecule has 7 N–H and O–H groups in total. The smallest absolute Gasteiger partial charge is 0.481 e. The number of carbonyl (C=O) groups is 3. The number of hydrogen-bond acceptors (Lipinski definition) is 4. The lowest BCUT2D eigenvalue weighted by molar-refractivity contribution is -0.139. The summed E-state index contributed by atoms with van der Waals surface area (Å²) in [7, 11) is 0. The summed E-state index contributed by atoms with van der Waals surface area (Å²) < 4.78 is 0. The molecule has 0 radical (unpaired) electrons. The van der Waals surface area contributed by atoms with Gasteiger partial charge in [-0.05, 0) is 12.8 Å². The van der Waals surface area contributed by atoms with Crippen LogP contribution in [-0.2, 0) is 9.59 Å². The molecule has 0 heterocycles. The fourth-order valence-electron chi connectivity index (χ4n) is 0.552. The molecule has 0 saturated carbocycles. The Balaban J connectivity index is -0.000000249. The Bertz CT molecular complexity index is 184. The van der Waals surface area contributed by atoms with Crippen LogP contribution in [0.15, 0.2) is 0 Å². The van der Waals surface area contributed by atoms with Crippen molar-refractivity contribution in [2.24, 2.45) is 0 Å². The first-order valence-electron chi connectivity index (χ1n) is 3.71. The normalized spacial score (nSPS) is 7.73. The third kappa shape index (κ3) is 47.1. The summed E-state index contributed by atoms with van der Waals surface area (Å²) in [6.45, 7) is 0. The summed E-state index contributed by atoms with van der Waals surface area (Å²) in [4.78, 5) is 28.3. The standard InChI is InChI=1S/C6H10O4.CH2O3.H3N/c7-5(8)3-1-2-4-6(9)10;2-1(3)4;/h1-4H2,(H,7,8)(H,9,10);(H2,2,3,4);1H3. The summed E-state index contributed by atoms with van der Waals surface area (Å²) in [5, 5.41) is 30.2. The van der Waals surface area contributed by atoms with Crippen molar-refractivity contribution in [3.05, 3.63) is 0 Å². The van der Waals surface area contributed by atoms with Crippen molar-refractivity contribution in [1.82, 2.24) is 6.15 Å². The van der Waals surface area contributed by atoms with E-state index in [2.05, 4.69) is 0 Å². The molecule has 0 amide bonds. The van der Waals surface area contributed by atoms with Crippen LogP contribution in [0.3, 0.4) is 0 Å². The lowest BCUT2D eigenvalue weighted by atomic mass is 10.2. The molecule has 0 aliphatic rings. The van der Waals surface area contributed by atoms with E-state index in [-0.39, 0.29) is 19.0 Å². The van der Waals surface area contributed by atoms with Gasteiger partial charge in [-0.3, -0.25) is 9.59 Å². The van der Waals surface area contributed by atoms with Crippen molar-refractivity contribution in [1.29, 1.82) is 0 Å². The molecule has 0 unspecified atom stereocenters. The maximum absolute atomic E-state index is 9.90. The predicted octanol–water partition coefficient (Wildman–Crippen LogP) is 1.10. The zero-order valence-electron chi connectivity index (χ0n) is 8.05. The fraction of sp³-hybridized carbons (Fsp3) is 0.571. The minimum atomic E-state index is -1.83. The molecule has 0 fully saturated rings. The molecule has 0 atom stereocenters. The highest BCUT2D eigenvalue weighted by Crippen LogP contribution is 1.98. The molecular weight excluding hydrogens is 210 g/mol. The van der Waals surface area contributed by atoms with Crippen molar-refractivity contribution < 1.29 is 34.8 Å². The van der Waals surface area contributed by atoms with E-state index >= 15 is 0 Å². The van der Waals surface area contributed by atoms with E-state index in [1.165, 1.54) is 0 Å². The Hall–Kier alpha value is -1.83. The van der Waals surface area contributed by atoms with Gasteiger partial charge in [0.2, 0.25) is 0 Å². The Kier molecular flexibility index (Phi) is 15.3. The highest BCUT2D eigenvalue weighted by atomic mass is 16.6. The number of carboxylic acids is 2. The van der Waals surface area contributed by atoms with Crippen LogP contribution in [0.4, 0.5) is 4.79 Å². The van der Waals surface area contributed by atoms with Crippen molar-refractivity contribution in [3.63, 3.8) is 0 Å². The number of rotatable bonds is 5. The van der Waals surface area contributed by atoms with Gasteiger partial charge in [-0.15, -0.1) is 0 Å². The molecule has 8 heteroatoms. The maximum Gasteiger partial charge on any atom is 0.503 e. The highest BCUT2D eigenvalue weighted by Gasteiger charge is 1.99. The second-order valence-corrected chi connectivity index (χ2v) is 2.28. The molecule has 0 rings (SSSR count). The molecule has 0 aliphatic heterocycles. The summed E-state index contributed by atoms with van der Waals surface area (Å²) in [6, 6.07) is 0. The Morgan fingerprint density at radius 2 is 0.933 bits per heavy atom. The van der Waals surface area contributed by atoms with E-state index in [1.807, 2.05) is 0 Å². The van der Waals surface area contributed by atoms with Gasteiger partial charge in [0.05, 0.1) is 0 Å². The van der Waals surface area contributed by atoms with E-state index in [4.69, 9.17) is 25.2 Å². The number of aliphatic carboxylic acids is 2. The topological polar surface area (TPSA) is 167 Å². The summed E-state index contributed by atoms with van der Waals surface area (Å²) in [5.74, 6) is -1.74. The van der Waals surface area contributed by atoms with Crippen LogP contribution in [0.25, 0.3) is 0 Å². The summed E-state index contributed by atoms with van der Waals surface area (Å²) >= 11 is 0. The highest BCUT2D eigenvalue weighted by molar-refractivity contribution is 5.67. The Morgan fingerprint density at radius 1 is 0.733 bits per heavy atom. The van der Waals surface area contributed by atoms with Crippen LogP contribution in [0.5, 0.6) is 0 Å². The second kappa shape index (κ2) is 12.2. The molecule has 0 aromatic heterocycles. The largest absolute Gasteiger partial charge is 0.503 e. The minimum absolute atomic E-state index is 0. The van der Waals surface area contributed by atoms with Gasteiger partial charge in [-0.2, -0.15) is 0 Å². The first-order chi connectivity index (χ1) is 6.36. The van der Waals surface area contributed by atoms with Crippen LogP contribution in [-0.4, -0.2) is 38.5 Å². The van der Waals surface area contributed by atoms with Gasteiger partial charge in [0.25, 0.3) is 0 Å². The first kappa shape index (κ1) is 18.9. The van der Waals surface area contributed by atoms with E-state index in [0.717, 1.165) is 0 Å². The van der Waals surface area contributed by atoms with Crippen molar-refractivity contribution in [3.8, 4) is 0 Å². The molecule has 0 aromatic carbocycles. The third-order valence-corrected chi connectivity index (χ3v) is 1.03. The predicted molar refractivity (Wildman–Crippen MR) is 49.4 cm³/mol. The number of hydrogen-bond donors (Lipinski definition) is 5. The molecule has 0 saturated heterocycles. The molecule has 0 spiro atoms. The zero-order chi connectivity index (χ0) is 11.6. The molecule has 8 nitrogen and oxygen atoms in total. The van der Waals surface area contributed by atoms with Crippen LogP contribution in [0.2, 0.25) is 0 Å². The van der Waals surface area contributed by atoms with Gasteiger partial charge in [-0.25, -0.2) is 4.79 Å². The average molecular weight is 225 g/mol. The third-order valence-electron chi connectivity index (χ3n) is 1.03. The maximum atomic E-state index is 9.90. The van der Waals surface area contributed by atoms with Gasteiger partial charge < -0.3 is 26.6 Å². The van der Waals surface area contributed by atoms with Crippen LogP contribution in [0, 0.1) is 0 Å². The van der Waals surface area contributed by atoms with Crippen LogP contribution >= 0.6 is 0 Å². The van der Waals surface area contributed by atoms with Crippen LogP contribution in [0.1, 0.15) is 25.7 Å². The lowest BCUT2D eigenvalue weighted by Crippen LogP contribution is -1.97. The Labute approximate surface area is 85.7 Å². The molecule has 90 valence electrons. The molecule has 0 aliphatic carbocycles. The minimum Gasteiger partial charge on any atom is -0.481 e. The van der Waals surface area contributed by atoms with Gasteiger partial charge in [-0.1, -0.05) is 0 Å². The summed E-state index contributed by atoms with van der Waals surface area (Å²) in [5.41, 5.74) is 0. The quantitative estimate of drug-likeness (QED) is 0.433. The van der Waals surface area contributed by atoms with Crippen molar-refractivity contribution in [2.45, 2.75) is 25.7 Å². The van der Waals surface area contributed by atoms with Gasteiger partial charge in [0.15, 0.2) is 0 Å². The average Bonchev–Trinajstić information content (AvgIpc) is 1.96. The molecule has 15 heavy (non-hydrogen) atoms. The second-order valence-electron chi connectivity index (χ2n) is 2.28. The number of carboxylic acid groups (broad SMARTS) is 4. The van der Waals surface area contributed by atoms with Gasteiger partial charge in [0, 0.05) is 12.8 Å². The van der Waals surface area contributed by atoms with Crippen molar-refractivity contribution in [2.75, 3.05) is 0 Å². The molecule has 0 bridgehead atoms. The van der Waals surface area contributed by atoms with E-state index < -0.39 is 18.1 Å². The lowest BCUT2D eigenvalue weighted by Gasteiger charge is -1.92. The van der Waals surface area contributed by atoms with Gasteiger partial charge in [0.1, 0.15) is 0 Å². The SMILES string of the molecule is N.O=C(O)CCCCC(=O)O.O=C(O)O. The monoisotopic (exact) mass is 225 g/mol. The zero-order valence-corrected chi connectivity index (χ0v) is 8.05. The van der Waals surface area contributed by atoms with E-state index in [0.29, 0.717) is 12.8 Å². The van der Waals surface area contributed by atoms with Crippen molar-refractivity contribution >= 4 is 18.1 Å². The number of unbranched alkanes of at least 4 members (excludes halogenated alkanes) is 1. The molecule has 0 aromatic rings. The fourth-order valence-corrected chi connectivity index (χ4v) is 0.552. The van der Waals surface area contributed by atoms with E-state index in [1.54, 1.807) is 0 Å². The van der Waals surface area contributed by atoms with Crippen LogP contribution < -0.4 is 6.15 Å².